The fourth-order valence-corrected chi connectivity index (χ4v) is 2.88. The number of halogens is 1. The first-order chi connectivity index (χ1) is 12.0. The topological polar surface area (TPSA) is 55.4 Å². The Balaban J connectivity index is 1.79. The molecule has 2 atom stereocenters. The zero-order valence-corrected chi connectivity index (χ0v) is 14.9. The van der Waals surface area contributed by atoms with Crippen LogP contribution >= 0.6 is 11.8 Å². The Morgan fingerprint density at radius 2 is 1.72 bits per heavy atom. The molecule has 0 saturated carbocycles. The number of ether oxygens (including phenoxy) is 1. The first kappa shape index (κ1) is 19.0. The molecule has 132 valence electrons. The van der Waals surface area contributed by atoms with Crippen LogP contribution < -0.4 is 5.32 Å². The van der Waals surface area contributed by atoms with Gasteiger partial charge in [-0.25, -0.2) is 4.39 Å². The van der Waals surface area contributed by atoms with Crippen LogP contribution in [0, 0.1) is 5.82 Å². The predicted octanol–water partition coefficient (Wildman–Crippen LogP) is 3.55. The summed E-state index contributed by atoms with van der Waals surface area (Å²) in [4.78, 5) is 25.1. The van der Waals surface area contributed by atoms with Gasteiger partial charge >= 0.3 is 5.97 Å². The van der Waals surface area contributed by atoms with Gasteiger partial charge in [0, 0.05) is 11.4 Å². The standard InChI is InChI=1S/C19H20FNO3S/c1-13(18(22)21-12-15-8-10-16(20)11-9-15)24-19(23)14(2)25-17-6-4-3-5-7-17/h3-11,13-14H,12H2,1-2H3,(H,21,22)/t13-,14+/m0/s1. The third-order valence-corrected chi connectivity index (χ3v) is 4.52. The molecule has 0 fully saturated rings. The monoisotopic (exact) mass is 361 g/mol. The number of benzene rings is 2. The maximum absolute atomic E-state index is 12.8. The van der Waals surface area contributed by atoms with E-state index in [0.717, 1.165) is 10.5 Å². The van der Waals surface area contributed by atoms with Gasteiger partial charge in [-0.3, -0.25) is 9.59 Å². The second-order valence-electron chi connectivity index (χ2n) is 5.50. The Hall–Kier alpha value is -2.34. The minimum atomic E-state index is -0.897. The fraction of sp³-hybridized carbons (Fsp3) is 0.263. The van der Waals surface area contributed by atoms with Crippen LogP contribution in [-0.4, -0.2) is 23.2 Å². The van der Waals surface area contributed by atoms with Gasteiger partial charge in [0.05, 0.1) is 0 Å². The first-order valence-electron chi connectivity index (χ1n) is 7.90. The zero-order valence-electron chi connectivity index (χ0n) is 14.1. The van der Waals surface area contributed by atoms with Crippen LogP contribution in [0.25, 0.3) is 0 Å². The van der Waals surface area contributed by atoms with Crippen LogP contribution in [0.5, 0.6) is 0 Å². The van der Waals surface area contributed by atoms with Gasteiger partial charge in [-0.2, -0.15) is 0 Å². The van der Waals surface area contributed by atoms with Crippen molar-refractivity contribution < 1.29 is 18.7 Å². The molecule has 0 bridgehead atoms. The van der Waals surface area contributed by atoms with Crippen LogP contribution in [-0.2, 0) is 20.9 Å². The summed E-state index contributed by atoms with van der Waals surface area (Å²) in [5, 5.41) is 2.25. The molecule has 2 aromatic rings. The molecule has 6 heteroatoms. The van der Waals surface area contributed by atoms with Crippen molar-refractivity contribution in [3.05, 3.63) is 66.0 Å². The summed E-state index contributed by atoms with van der Waals surface area (Å²) in [5.74, 6) is -1.17. The van der Waals surface area contributed by atoms with Crippen LogP contribution in [0.4, 0.5) is 4.39 Å². The molecule has 0 spiro atoms. The van der Waals surface area contributed by atoms with E-state index >= 15 is 0 Å². The second-order valence-corrected chi connectivity index (χ2v) is 6.91. The molecule has 1 N–H and O–H groups in total. The van der Waals surface area contributed by atoms with Crippen molar-refractivity contribution in [1.29, 1.82) is 0 Å². The highest BCUT2D eigenvalue weighted by molar-refractivity contribution is 8.00. The van der Waals surface area contributed by atoms with Crippen LogP contribution in [0.2, 0.25) is 0 Å². The minimum absolute atomic E-state index is 0.245. The normalized spacial score (nSPS) is 12.9. The number of thioether (sulfide) groups is 1. The molecular formula is C19H20FNO3S. The van der Waals surface area contributed by atoms with Crippen LogP contribution in [0.3, 0.4) is 0 Å². The average Bonchev–Trinajstić information content (AvgIpc) is 2.61. The largest absolute Gasteiger partial charge is 0.452 e. The third kappa shape index (κ3) is 6.23. The molecule has 0 saturated heterocycles. The van der Waals surface area contributed by atoms with E-state index < -0.39 is 23.2 Å². The van der Waals surface area contributed by atoms with Crippen molar-refractivity contribution in [2.24, 2.45) is 0 Å². The number of carbonyl (C=O) groups is 2. The molecule has 0 aliphatic rings. The third-order valence-electron chi connectivity index (χ3n) is 3.43. The van der Waals surface area contributed by atoms with Gasteiger partial charge in [0.15, 0.2) is 6.10 Å². The number of amides is 1. The van der Waals surface area contributed by atoms with Gasteiger partial charge in [-0.15, -0.1) is 11.8 Å². The van der Waals surface area contributed by atoms with E-state index in [9.17, 15) is 14.0 Å². The van der Waals surface area contributed by atoms with E-state index in [1.165, 1.54) is 30.8 Å². The van der Waals surface area contributed by atoms with Gasteiger partial charge in [-0.1, -0.05) is 30.3 Å². The predicted molar refractivity (Wildman–Crippen MR) is 95.6 cm³/mol. The molecule has 2 aromatic carbocycles. The van der Waals surface area contributed by atoms with E-state index in [2.05, 4.69) is 5.32 Å². The van der Waals surface area contributed by atoms with E-state index in [1.807, 2.05) is 30.3 Å². The molecular weight excluding hydrogens is 341 g/mol. The van der Waals surface area contributed by atoms with Crippen molar-refractivity contribution in [2.45, 2.75) is 36.6 Å². The second kappa shape index (κ2) is 9.22. The van der Waals surface area contributed by atoms with Gasteiger partial charge in [0.25, 0.3) is 5.91 Å². The molecule has 0 radical (unpaired) electrons. The number of hydrogen-bond donors (Lipinski definition) is 1. The van der Waals surface area contributed by atoms with Crippen molar-refractivity contribution in [3.8, 4) is 0 Å². The number of nitrogens with one attached hydrogen (secondary N) is 1. The lowest BCUT2D eigenvalue weighted by Gasteiger charge is -2.16. The highest BCUT2D eigenvalue weighted by Crippen LogP contribution is 2.23. The Bertz CT molecular complexity index is 706. The summed E-state index contributed by atoms with van der Waals surface area (Å²) >= 11 is 1.38. The van der Waals surface area contributed by atoms with Crippen molar-refractivity contribution in [2.75, 3.05) is 0 Å². The summed E-state index contributed by atoms with van der Waals surface area (Å²) in [6.45, 7) is 3.51. The van der Waals surface area contributed by atoms with Gasteiger partial charge in [0.2, 0.25) is 0 Å². The Morgan fingerprint density at radius 3 is 2.36 bits per heavy atom. The maximum atomic E-state index is 12.8. The zero-order chi connectivity index (χ0) is 18.2. The fourth-order valence-electron chi connectivity index (χ4n) is 2.01. The summed E-state index contributed by atoms with van der Waals surface area (Å²) in [6.07, 6.45) is -0.897. The number of rotatable bonds is 7. The van der Waals surface area contributed by atoms with Gasteiger partial charge < -0.3 is 10.1 Å². The maximum Gasteiger partial charge on any atom is 0.319 e. The highest BCUT2D eigenvalue weighted by atomic mass is 32.2. The molecule has 0 aliphatic heterocycles. The van der Waals surface area contributed by atoms with Gasteiger partial charge in [-0.05, 0) is 43.7 Å². The van der Waals surface area contributed by atoms with E-state index in [4.69, 9.17) is 4.74 Å². The smallest absolute Gasteiger partial charge is 0.319 e. The molecule has 4 nitrogen and oxygen atoms in total. The number of hydrogen-bond acceptors (Lipinski definition) is 4. The van der Waals surface area contributed by atoms with Gasteiger partial charge in [0.1, 0.15) is 11.1 Å². The lowest BCUT2D eigenvalue weighted by atomic mass is 10.2. The van der Waals surface area contributed by atoms with Crippen LogP contribution in [0.1, 0.15) is 19.4 Å². The summed E-state index contributed by atoms with van der Waals surface area (Å²) < 4.78 is 18.1. The van der Waals surface area contributed by atoms with Crippen molar-refractivity contribution >= 4 is 23.6 Å². The lowest BCUT2D eigenvalue weighted by molar-refractivity contribution is -0.154. The van der Waals surface area contributed by atoms with E-state index in [0.29, 0.717) is 0 Å². The van der Waals surface area contributed by atoms with Crippen molar-refractivity contribution in [3.63, 3.8) is 0 Å². The van der Waals surface area contributed by atoms with E-state index in [1.54, 1.807) is 19.1 Å². The number of esters is 1. The number of carbonyl (C=O) groups excluding carboxylic acids is 2. The Morgan fingerprint density at radius 1 is 1.08 bits per heavy atom. The average molecular weight is 361 g/mol. The quantitative estimate of drug-likeness (QED) is 0.605. The Kier molecular flexibility index (Phi) is 7.01. The molecule has 0 aromatic heterocycles. The molecule has 1 amide bonds. The molecule has 0 aliphatic carbocycles. The summed E-state index contributed by atoms with van der Waals surface area (Å²) in [6, 6.07) is 15.3. The summed E-state index contributed by atoms with van der Waals surface area (Å²) in [5.41, 5.74) is 0.765. The van der Waals surface area contributed by atoms with E-state index in [-0.39, 0.29) is 12.4 Å². The molecule has 2 rings (SSSR count). The SMILES string of the molecule is C[C@H](OC(=O)[C@@H](C)Sc1ccccc1)C(=O)NCc1ccc(F)cc1. The lowest BCUT2D eigenvalue weighted by Crippen LogP contribution is -2.36. The van der Waals surface area contributed by atoms with Crippen molar-refractivity contribution in [1.82, 2.24) is 5.32 Å². The highest BCUT2D eigenvalue weighted by Gasteiger charge is 2.22. The molecule has 0 unspecified atom stereocenters. The first-order valence-corrected chi connectivity index (χ1v) is 8.78. The molecule has 25 heavy (non-hydrogen) atoms. The minimum Gasteiger partial charge on any atom is -0.452 e. The Labute approximate surface area is 150 Å². The summed E-state index contributed by atoms with van der Waals surface area (Å²) in [7, 11) is 0. The van der Waals surface area contributed by atoms with Crippen LogP contribution in [0.15, 0.2) is 59.5 Å². The molecule has 0 heterocycles.